The Morgan fingerprint density at radius 3 is 2.60 bits per heavy atom. The molecule has 0 unspecified atom stereocenters. The molecule has 42 heavy (non-hydrogen) atoms. The molecule has 0 aliphatic carbocycles. The minimum Gasteiger partial charge on any atom is -0.421 e. The van der Waals surface area contributed by atoms with E-state index in [0.717, 1.165) is 37.3 Å². The van der Waals surface area contributed by atoms with Crippen molar-refractivity contribution < 1.29 is 4.42 Å². The van der Waals surface area contributed by atoms with Gasteiger partial charge < -0.3 is 20.0 Å². The molecule has 1 aromatic carbocycles. The third-order valence-corrected chi connectivity index (χ3v) is 8.01. The Balaban J connectivity index is 1.21. The Bertz CT molecular complexity index is 1870. The van der Waals surface area contributed by atoms with Crippen molar-refractivity contribution in [2.45, 2.75) is 18.9 Å². The molecule has 1 saturated heterocycles. The number of benzene rings is 1. The van der Waals surface area contributed by atoms with E-state index < -0.39 is 0 Å². The van der Waals surface area contributed by atoms with E-state index in [1.54, 1.807) is 30.9 Å². The number of anilines is 3. The summed E-state index contributed by atoms with van der Waals surface area (Å²) in [6.07, 6.45) is 9.88. The maximum atomic E-state index is 13.8. The highest BCUT2D eigenvalue weighted by atomic mass is 32.1. The van der Waals surface area contributed by atoms with E-state index in [-0.39, 0.29) is 17.3 Å². The van der Waals surface area contributed by atoms with Crippen molar-refractivity contribution in [2.24, 2.45) is 0 Å². The molecule has 1 aliphatic heterocycles. The van der Waals surface area contributed by atoms with Gasteiger partial charge in [0.1, 0.15) is 0 Å². The summed E-state index contributed by atoms with van der Waals surface area (Å²) in [7, 11) is 2.14. The molecular weight excluding hydrogens is 554 g/mol. The number of hydrogen-bond acceptors (Lipinski definition) is 13. The predicted molar refractivity (Wildman–Crippen MR) is 159 cm³/mol. The molecule has 0 bridgehead atoms. The molecule has 2 N–H and O–H groups in total. The zero-order chi connectivity index (χ0) is 28.5. The number of thiazole rings is 1. The first-order chi connectivity index (χ1) is 20.6. The molecule has 0 atom stereocenters. The van der Waals surface area contributed by atoms with Crippen LogP contribution in [0.3, 0.4) is 0 Å². The van der Waals surface area contributed by atoms with Gasteiger partial charge in [0.25, 0.3) is 11.4 Å². The molecular formula is C28H25N11O2S. The number of fused-ring (bicyclic) bond motifs is 1. The molecule has 7 rings (SSSR count). The first-order valence-corrected chi connectivity index (χ1v) is 14.2. The molecule has 6 aromatic rings. The largest absolute Gasteiger partial charge is 0.421 e. The van der Waals surface area contributed by atoms with Crippen LogP contribution in [0.15, 0.2) is 76.1 Å². The van der Waals surface area contributed by atoms with Gasteiger partial charge in [-0.1, -0.05) is 0 Å². The van der Waals surface area contributed by atoms with Gasteiger partial charge in [0.2, 0.25) is 18.2 Å². The lowest BCUT2D eigenvalue weighted by molar-refractivity contribution is 0.443. The topological polar surface area (TPSA) is 153 Å². The Hall–Kier alpha value is -5.08. The van der Waals surface area contributed by atoms with Crippen LogP contribution in [0.1, 0.15) is 12.8 Å². The van der Waals surface area contributed by atoms with E-state index in [4.69, 9.17) is 9.40 Å². The lowest BCUT2D eigenvalue weighted by Gasteiger charge is -2.33. The monoisotopic (exact) mass is 579 g/mol. The number of hydrogen-bond donors (Lipinski definition) is 2. The molecule has 5 aromatic heterocycles. The number of rotatable bonds is 7. The molecule has 0 radical (unpaired) electrons. The fraction of sp³-hybridized carbons (Fsp3) is 0.214. The second-order valence-electron chi connectivity index (χ2n) is 9.79. The van der Waals surface area contributed by atoms with Crippen LogP contribution in [0.4, 0.5) is 17.3 Å². The van der Waals surface area contributed by atoms with Crippen molar-refractivity contribution in [2.75, 3.05) is 30.4 Å². The van der Waals surface area contributed by atoms with Gasteiger partial charge in [-0.25, -0.2) is 24.5 Å². The van der Waals surface area contributed by atoms with E-state index in [1.807, 2.05) is 17.5 Å². The highest BCUT2D eigenvalue weighted by molar-refractivity contribution is 7.12. The SMILES string of the molecule is CN(c1ccc(Nc2ncc3cc(-c4cnc(-c5nnco5)nc4)c(=O)n(-c4nccs4)c3n2)cc1)C1CCNCC1. The standard InChI is InChI=1S/C28H25N11O2S/c1-38(21-6-8-29-9-7-21)20-4-2-19(3-5-20)35-27-33-13-17-12-22(18-14-31-23(32-15-18)25-37-34-16-41-25)26(40)39(24(17)36-27)28-30-10-11-42-28/h2-5,10-16,21,29H,6-9H2,1H3,(H,33,35,36). The lowest BCUT2D eigenvalue weighted by atomic mass is 10.0. The normalized spacial score (nSPS) is 13.8. The van der Waals surface area contributed by atoms with Crippen LogP contribution >= 0.6 is 11.3 Å². The van der Waals surface area contributed by atoms with Crippen LogP contribution in [0.2, 0.25) is 0 Å². The number of nitrogens with one attached hydrogen (secondary N) is 2. The molecule has 6 heterocycles. The predicted octanol–water partition coefficient (Wildman–Crippen LogP) is 3.68. The summed E-state index contributed by atoms with van der Waals surface area (Å²) < 4.78 is 6.65. The minimum absolute atomic E-state index is 0.192. The van der Waals surface area contributed by atoms with E-state index >= 15 is 0 Å². The zero-order valence-electron chi connectivity index (χ0n) is 22.5. The van der Waals surface area contributed by atoms with Gasteiger partial charge in [-0.2, -0.15) is 4.98 Å². The molecule has 0 saturated carbocycles. The Kier molecular flexibility index (Phi) is 6.81. The summed E-state index contributed by atoms with van der Waals surface area (Å²) >= 11 is 1.34. The highest BCUT2D eigenvalue weighted by Crippen LogP contribution is 2.26. The lowest BCUT2D eigenvalue weighted by Crippen LogP contribution is -2.41. The molecule has 210 valence electrons. The minimum atomic E-state index is -0.304. The van der Waals surface area contributed by atoms with E-state index in [2.05, 4.69) is 64.8 Å². The summed E-state index contributed by atoms with van der Waals surface area (Å²) in [6.45, 7) is 2.09. The van der Waals surface area contributed by atoms with E-state index in [9.17, 15) is 4.79 Å². The summed E-state index contributed by atoms with van der Waals surface area (Å²) in [5.41, 5.74) is 3.03. The average Bonchev–Trinajstić information content (AvgIpc) is 3.77. The number of aromatic nitrogens is 8. The first-order valence-electron chi connectivity index (χ1n) is 13.4. The molecule has 13 nitrogen and oxygen atoms in total. The molecule has 1 fully saturated rings. The third kappa shape index (κ3) is 4.97. The first kappa shape index (κ1) is 25.9. The quantitative estimate of drug-likeness (QED) is 0.284. The maximum Gasteiger partial charge on any atom is 0.285 e. The zero-order valence-corrected chi connectivity index (χ0v) is 23.3. The van der Waals surface area contributed by atoms with Crippen molar-refractivity contribution in [3.63, 3.8) is 0 Å². The van der Waals surface area contributed by atoms with Gasteiger partial charge in [0, 0.05) is 65.6 Å². The summed E-state index contributed by atoms with van der Waals surface area (Å²) in [5.74, 6) is 0.825. The number of nitrogens with zero attached hydrogens (tertiary/aromatic N) is 9. The Morgan fingerprint density at radius 1 is 1.07 bits per heavy atom. The molecule has 1 aliphatic rings. The van der Waals surface area contributed by atoms with Gasteiger partial charge in [0.05, 0.1) is 5.56 Å². The second kappa shape index (κ2) is 11.1. The Morgan fingerprint density at radius 2 is 1.88 bits per heavy atom. The van der Waals surface area contributed by atoms with Crippen LogP contribution in [0.5, 0.6) is 0 Å². The van der Waals surface area contributed by atoms with Crippen LogP contribution in [-0.4, -0.2) is 65.9 Å². The fourth-order valence-corrected chi connectivity index (χ4v) is 5.67. The smallest absolute Gasteiger partial charge is 0.285 e. The molecule has 14 heteroatoms. The van der Waals surface area contributed by atoms with Gasteiger partial charge in [-0.05, 0) is 56.3 Å². The summed E-state index contributed by atoms with van der Waals surface area (Å²) in [6, 6.07) is 10.5. The second-order valence-corrected chi connectivity index (χ2v) is 10.7. The summed E-state index contributed by atoms with van der Waals surface area (Å²) in [5, 5.41) is 17.1. The fourth-order valence-electron chi connectivity index (χ4n) is 5.03. The van der Waals surface area contributed by atoms with E-state index in [0.29, 0.717) is 39.3 Å². The highest BCUT2D eigenvalue weighted by Gasteiger charge is 2.19. The summed E-state index contributed by atoms with van der Waals surface area (Å²) in [4.78, 5) is 38.4. The van der Waals surface area contributed by atoms with Crippen LogP contribution < -0.4 is 21.1 Å². The average molecular weight is 580 g/mol. The molecule has 0 amide bonds. The van der Waals surface area contributed by atoms with Crippen LogP contribution in [0, 0.1) is 0 Å². The number of pyridine rings is 1. The maximum absolute atomic E-state index is 13.8. The van der Waals surface area contributed by atoms with Crippen molar-refractivity contribution in [1.82, 2.24) is 45.0 Å². The van der Waals surface area contributed by atoms with Crippen LogP contribution in [0.25, 0.3) is 39.0 Å². The van der Waals surface area contributed by atoms with Crippen molar-refractivity contribution in [3.8, 4) is 28.0 Å². The van der Waals surface area contributed by atoms with Gasteiger partial charge >= 0.3 is 0 Å². The molecule has 0 spiro atoms. The van der Waals surface area contributed by atoms with Crippen molar-refractivity contribution in [3.05, 3.63) is 77.2 Å². The van der Waals surface area contributed by atoms with Crippen molar-refractivity contribution in [1.29, 1.82) is 0 Å². The third-order valence-electron chi connectivity index (χ3n) is 7.25. The Labute approximate surface area is 243 Å². The van der Waals surface area contributed by atoms with Gasteiger partial charge in [-0.3, -0.25) is 4.79 Å². The van der Waals surface area contributed by atoms with Gasteiger partial charge in [0.15, 0.2) is 10.8 Å². The van der Waals surface area contributed by atoms with E-state index in [1.165, 1.54) is 22.3 Å². The van der Waals surface area contributed by atoms with Gasteiger partial charge in [-0.15, -0.1) is 21.5 Å². The van der Waals surface area contributed by atoms with Crippen molar-refractivity contribution >= 4 is 39.7 Å². The van der Waals surface area contributed by atoms with Crippen LogP contribution in [-0.2, 0) is 0 Å². The number of piperidine rings is 1.